The standard InChI is InChI=1S/C14H18O3/c1-10(2)6-7-17-9-13-5-4-12(14(15)16)8-11(13)3/h4-5,8H,1,6-7,9H2,2-3H3,(H,15,16). The molecule has 0 unspecified atom stereocenters. The number of aryl methyl sites for hydroxylation is 1. The van der Waals surface area contributed by atoms with Crippen LogP contribution in [0.3, 0.4) is 0 Å². The number of hydrogen-bond donors (Lipinski definition) is 1. The van der Waals surface area contributed by atoms with Gasteiger partial charge in [0.05, 0.1) is 18.8 Å². The lowest BCUT2D eigenvalue weighted by Gasteiger charge is -2.08. The summed E-state index contributed by atoms with van der Waals surface area (Å²) in [5, 5.41) is 8.83. The fourth-order valence-electron chi connectivity index (χ4n) is 1.42. The highest BCUT2D eigenvalue weighted by molar-refractivity contribution is 5.87. The van der Waals surface area contributed by atoms with Crippen molar-refractivity contribution in [3.8, 4) is 0 Å². The molecule has 0 fully saturated rings. The first-order valence-corrected chi connectivity index (χ1v) is 5.55. The molecule has 0 saturated heterocycles. The Balaban J connectivity index is 2.54. The van der Waals surface area contributed by atoms with Gasteiger partial charge in [-0.2, -0.15) is 0 Å². The predicted molar refractivity (Wildman–Crippen MR) is 67.2 cm³/mol. The molecule has 0 aromatic heterocycles. The van der Waals surface area contributed by atoms with Gasteiger partial charge in [0.15, 0.2) is 0 Å². The van der Waals surface area contributed by atoms with E-state index < -0.39 is 5.97 Å². The normalized spacial score (nSPS) is 10.2. The van der Waals surface area contributed by atoms with Crippen LogP contribution in [0.5, 0.6) is 0 Å². The van der Waals surface area contributed by atoms with Crippen molar-refractivity contribution in [2.75, 3.05) is 6.61 Å². The molecule has 3 nitrogen and oxygen atoms in total. The third kappa shape index (κ3) is 4.41. The van der Waals surface area contributed by atoms with Crippen LogP contribution in [0.1, 0.15) is 34.8 Å². The second-order valence-corrected chi connectivity index (χ2v) is 4.21. The molecule has 1 N–H and O–H groups in total. The van der Waals surface area contributed by atoms with E-state index in [4.69, 9.17) is 9.84 Å². The molecule has 1 aromatic rings. The SMILES string of the molecule is C=C(C)CCOCc1ccc(C(=O)O)cc1C. The summed E-state index contributed by atoms with van der Waals surface area (Å²) < 4.78 is 5.50. The van der Waals surface area contributed by atoms with E-state index in [-0.39, 0.29) is 0 Å². The maximum Gasteiger partial charge on any atom is 0.335 e. The lowest BCUT2D eigenvalue weighted by molar-refractivity contribution is 0.0696. The van der Waals surface area contributed by atoms with Crippen molar-refractivity contribution >= 4 is 5.97 Å². The summed E-state index contributed by atoms with van der Waals surface area (Å²) in [6.45, 7) is 8.83. The Labute approximate surface area is 102 Å². The van der Waals surface area contributed by atoms with Gasteiger partial charge < -0.3 is 9.84 Å². The Morgan fingerprint density at radius 2 is 2.18 bits per heavy atom. The number of carboxylic acid groups (broad SMARTS) is 1. The van der Waals surface area contributed by atoms with E-state index in [0.717, 1.165) is 23.1 Å². The van der Waals surface area contributed by atoms with Crippen molar-refractivity contribution in [3.63, 3.8) is 0 Å². The number of hydrogen-bond acceptors (Lipinski definition) is 2. The zero-order chi connectivity index (χ0) is 12.8. The van der Waals surface area contributed by atoms with Gasteiger partial charge in [-0.1, -0.05) is 11.6 Å². The highest BCUT2D eigenvalue weighted by atomic mass is 16.5. The zero-order valence-corrected chi connectivity index (χ0v) is 10.3. The van der Waals surface area contributed by atoms with Crippen LogP contribution in [0.2, 0.25) is 0 Å². The topological polar surface area (TPSA) is 46.5 Å². The highest BCUT2D eigenvalue weighted by Crippen LogP contribution is 2.12. The quantitative estimate of drug-likeness (QED) is 0.607. The van der Waals surface area contributed by atoms with Crippen LogP contribution in [0.15, 0.2) is 30.4 Å². The fourth-order valence-corrected chi connectivity index (χ4v) is 1.42. The molecule has 0 atom stereocenters. The molecular formula is C14H18O3. The van der Waals surface area contributed by atoms with Crippen LogP contribution in [-0.2, 0) is 11.3 Å². The molecule has 0 amide bonds. The fraction of sp³-hybridized carbons (Fsp3) is 0.357. The second-order valence-electron chi connectivity index (χ2n) is 4.21. The van der Waals surface area contributed by atoms with Crippen LogP contribution in [0.25, 0.3) is 0 Å². The van der Waals surface area contributed by atoms with Crippen LogP contribution >= 0.6 is 0 Å². The third-order valence-electron chi connectivity index (χ3n) is 2.52. The molecule has 1 aromatic carbocycles. The molecule has 0 heterocycles. The van der Waals surface area contributed by atoms with Gasteiger partial charge in [0, 0.05) is 0 Å². The van der Waals surface area contributed by atoms with Crippen LogP contribution in [-0.4, -0.2) is 17.7 Å². The van der Waals surface area contributed by atoms with Gasteiger partial charge in [0.2, 0.25) is 0 Å². The first-order valence-electron chi connectivity index (χ1n) is 5.55. The van der Waals surface area contributed by atoms with E-state index in [1.165, 1.54) is 0 Å². The molecule has 0 bridgehead atoms. The minimum atomic E-state index is -0.900. The Morgan fingerprint density at radius 3 is 2.71 bits per heavy atom. The van der Waals surface area contributed by atoms with Crippen molar-refractivity contribution < 1.29 is 14.6 Å². The molecule has 0 saturated carbocycles. The Morgan fingerprint density at radius 1 is 1.47 bits per heavy atom. The number of aromatic carboxylic acids is 1. The highest BCUT2D eigenvalue weighted by Gasteiger charge is 2.05. The number of carbonyl (C=O) groups is 1. The first-order chi connectivity index (χ1) is 8.00. The number of benzene rings is 1. The first kappa shape index (κ1) is 13.5. The van der Waals surface area contributed by atoms with E-state index in [0.29, 0.717) is 18.8 Å². The summed E-state index contributed by atoms with van der Waals surface area (Å²) in [4.78, 5) is 10.8. The number of rotatable bonds is 6. The zero-order valence-electron chi connectivity index (χ0n) is 10.3. The molecule has 1 rings (SSSR count). The van der Waals surface area contributed by atoms with Crippen molar-refractivity contribution in [1.29, 1.82) is 0 Å². The summed E-state index contributed by atoms with van der Waals surface area (Å²) in [5.41, 5.74) is 3.38. The van der Waals surface area contributed by atoms with Gasteiger partial charge >= 0.3 is 5.97 Å². The smallest absolute Gasteiger partial charge is 0.335 e. The largest absolute Gasteiger partial charge is 0.478 e. The number of ether oxygens (including phenoxy) is 1. The molecule has 0 radical (unpaired) electrons. The monoisotopic (exact) mass is 234 g/mol. The summed E-state index contributed by atoms with van der Waals surface area (Å²) in [6.07, 6.45) is 0.853. The minimum Gasteiger partial charge on any atom is -0.478 e. The van der Waals surface area contributed by atoms with Gasteiger partial charge in [0.25, 0.3) is 0 Å². The maximum atomic E-state index is 10.8. The van der Waals surface area contributed by atoms with E-state index >= 15 is 0 Å². The summed E-state index contributed by atoms with van der Waals surface area (Å²) >= 11 is 0. The Hall–Kier alpha value is -1.61. The van der Waals surface area contributed by atoms with Gasteiger partial charge in [0.1, 0.15) is 0 Å². The third-order valence-corrected chi connectivity index (χ3v) is 2.52. The lowest BCUT2D eigenvalue weighted by Crippen LogP contribution is -2.01. The average Bonchev–Trinajstić information content (AvgIpc) is 2.25. The molecule has 0 aliphatic heterocycles. The minimum absolute atomic E-state index is 0.313. The molecule has 0 aliphatic rings. The average molecular weight is 234 g/mol. The second kappa shape index (κ2) is 6.21. The Kier molecular flexibility index (Phi) is 4.91. The van der Waals surface area contributed by atoms with E-state index in [9.17, 15) is 4.79 Å². The predicted octanol–water partition coefficient (Wildman–Crippen LogP) is 3.18. The summed E-state index contributed by atoms with van der Waals surface area (Å²) in [5.74, 6) is -0.900. The van der Waals surface area contributed by atoms with Gasteiger partial charge in [-0.15, -0.1) is 6.58 Å². The van der Waals surface area contributed by atoms with Gasteiger partial charge in [-0.25, -0.2) is 4.79 Å². The van der Waals surface area contributed by atoms with Crippen molar-refractivity contribution in [3.05, 3.63) is 47.0 Å². The lowest BCUT2D eigenvalue weighted by atomic mass is 10.1. The van der Waals surface area contributed by atoms with Crippen LogP contribution in [0.4, 0.5) is 0 Å². The van der Waals surface area contributed by atoms with E-state index in [1.54, 1.807) is 18.2 Å². The van der Waals surface area contributed by atoms with E-state index in [2.05, 4.69) is 6.58 Å². The number of carboxylic acids is 1. The van der Waals surface area contributed by atoms with E-state index in [1.807, 2.05) is 13.8 Å². The maximum absolute atomic E-state index is 10.8. The molecule has 92 valence electrons. The van der Waals surface area contributed by atoms with Crippen molar-refractivity contribution in [1.82, 2.24) is 0 Å². The van der Waals surface area contributed by atoms with Crippen LogP contribution < -0.4 is 0 Å². The van der Waals surface area contributed by atoms with Crippen molar-refractivity contribution in [2.24, 2.45) is 0 Å². The molecule has 3 heteroatoms. The Bertz CT molecular complexity index is 421. The summed E-state index contributed by atoms with van der Waals surface area (Å²) in [6, 6.07) is 5.08. The molecular weight excluding hydrogens is 216 g/mol. The van der Waals surface area contributed by atoms with Gasteiger partial charge in [-0.3, -0.25) is 0 Å². The van der Waals surface area contributed by atoms with Crippen molar-refractivity contribution in [2.45, 2.75) is 26.9 Å². The van der Waals surface area contributed by atoms with Crippen LogP contribution in [0, 0.1) is 6.92 Å². The molecule has 0 aliphatic carbocycles. The summed E-state index contributed by atoms with van der Waals surface area (Å²) in [7, 11) is 0. The molecule has 17 heavy (non-hydrogen) atoms. The van der Waals surface area contributed by atoms with Gasteiger partial charge in [-0.05, 0) is 43.5 Å². The molecule has 0 spiro atoms.